The summed E-state index contributed by atoms with van der Waals surface area (Å²) in [6, 6.07) is 12.4. The van der Waals surface area contributed by atoms with E-state index in [9.17, 15) is 9.59 Å². The Bertz CT molecular complexity index is 905. The number of ether oxygens (including phenoxy) is 2. The van der Waals surface area contributed by atoms with Crippen molar-refractivity contribution in [1.29, 1.82) is 0 Å². The number of benzene rings is 2. The van der Waals surface area contributed by atoms with Gasteiger partial charge in [0, 0.05) is 0 Å². The molecule has 9 heteroatoms. The molecule has 0 radical (unpaired) electrons. The zero-order valence-electron chi connectivity index (χ0n) is 16.2. The number of hydrogen-bond acceptors (Lipinski definition) is 5. The maximum absolute atomic E-state index is 12.2. The van der Waals surface area contributed by atoms with Gasteiger partial charge in [0.2, 0.25) is 0 Å². The number of thiocarbonyl (C=S) groups is 1. The first-order valence-electron chi connectivity index (χ1n) is 8.77. The number of amides is 2. The number of hydrogen-bond donors (Lipinski definition) is 3. The van der Waals surface area contributed by atoms with Crippen molar-refractivity contribution in [2.75, 3.05) is 13.7 Å². The molecule has 0 saturated heterocycles. The third-order valence-corrected chi connectivity index (χ3v) is 4.70. The van der Waals surface area contributed by atoms with Crippen molar-refractivity contribution >= 4 is 45.1 Å². The van der Waals surface area contributed by atoms with Gasteiger partial charge < -0.3 is 9.47 Å². The summed E-state index contributed by atoms with van der Waals surface area (Å²) in [6.45, 7) is 3.96. The predicted octanol–water partition coefficient (Wildman–Crippen LogP) is 3.30. The topological polar surface area (TPSA) is 88.7 Å². The Kier molecular flexibility index (Phi) is 8.41. The maximum Gasteiger partial charge on any atom is 0.276 e. The average Bonchev–Trinajstić information content (AvgIpc) is 2.71. The number of methoxy groups -OCH3 is 1. The second-order valence-corrected chi connectivity index (χ2v) is 7.55. The van der Waals surface area contributed by atoms with Gasteiger partial charge in [-0.3, -0.25) is 25.8 Å². The fraction of sp³-hybridized carbons (Fsp3) is 0.250. The number of carbonyl (C=O) groups is 2. The summed E-state index contributed by atoms with van der Waals surface area (Å²) in [6.07, 6.45) is 0. The van der Waals surface area contributed by atoms with Crippen LogP contribution in [0.3, 0.4) is 0 Å². The van der Waals surface area contributed by atoms with Gasteiger partial charge >= 0.3 is 0 Å². The second-order valence-electron chi connectivity index (χ2n) is 6.29. The molecule has 29 heavy (non-hydrogen) atoms. The Hall–Kier alpha value is -2.65. The van der Waals surface area contributed by atoms with Gasteiger partial charge in [-0.25, -0.2) is 0 Å². The quantitative estimate of drug-likeness (QED) is 0.435. The molecule has 154 valence electrons. The molecule has 2 amide bonds. The lowest BCUT2D eigenvalue weighted by Gasteiger charge is -2.13. The van der Waals surface area contributed by atoms with Crippen LogP contribution in [0, 0.1) is 0 Å². The van der Waals surface area contributed by atoms with Gasteiger partial charge in [-0.1, -0.05) is 32.0 Å². The highest BCUT2D eigenvalue weighted by molar-refractivity contribution is 9.10. The highest BCUT2D eigenvalue weighted by Crippen LogP contribution is 2.28. The molecule has 7 nitrogen and oxygen atoms in total. The van der Waals surface area contributed by atoms with Crippen LogP contribution in [0.2, 0.25) is 0 Å². The van der Waals surface area contributed by atoms with Crippen LogP contribution in [0.5, 0.6) is 11.5 Å². The number of nitrogens with one attached hydrogen (secondary N) is 3. The predicted molar refractivity (Wildman–Crippen MR) is 118 cm³/mol. The molecule has 0 fully saturated rings. The minimum Gasteiger partial charge on any atom is -0.496 e. The standard InChI is InChI=1S/C20H22BrN3O4S/c1-12(2)13-8-9-17(15(21)10-13)28-11-18(25)23-24-20(29)22-19(26)14-6-4-5-7-16(14)27-3/h4-10,12H,11H2,1-3H3,(H,23,25)(H2,22,24,26,29). The van der Waals surface area contributed by atoms with Crippen LogP contribution >= 0.6 is 28.1 Å². The number of rotatable bonds is 6. The molecule has 0 atom stereocenters. The number of hydrazine groups is 1. The van der Waals surface area contributed by atoms with Crippen molar-refractivity contribution < 1.29 is 19.1 Å². The van der Waals surface area contributed by atoms with Gasteiger partial charge in [-0.05, 0) is 63.9 Å². The van der Waals surface area contributed by atoms with Crippen molar-refractivity contribution in [2.24, 2.45) is 0 Å². The minimum absolute atomic E-state index is 0.0586. The van der Waals surface area contributed by atoms with Crippen molar-refractivity contribution in [3.63, 3.8) is 0 Å². The Morgan fingerprint density at radius 1 is 1.10 bits per heavy atom. The molecular formula is C20H22BrN3O4S. The van der Waals surface area contributed by atoms with E-state index in [1.54, 1.807) is 30.3 Å². The molecule has 0 aliphatic carbocycles. The van der Waals surface area contributed by atoms with Gasteiger partial charge in [0.1, 0.15) is 11.5 Å². The molecule has 2 aromatic carbocycles. The molecule has 0 aliphatic heterocycles. The zero-order valence-corrected chi connectivity index (χ0v) is 18.6. The molecule has 0 aliphatic rings. The summed E-state index contributed by atoms with van der Waals surface area (Å²) in [5.41, 5.74) is 6.32. The van der Waals surface area contributed by atoms with Crippen molar-refractivity contribution in [3.05, 3.63) is 58.1 Å². The van der Waals surface area contributed by atoms with Crippen LogP contribution in [-0.4, -0.2) is 30.6 Å². The normalized spacial score (nSPS) is 10.2. The van der Waals surface area contributed by atoms with E-state index in [1.807, 2.05) is 12.1 Å². The Balaban J connectivity index is 1.80. The number of halogens is 1. The Labute approximate surface area is 183 Å². The summed E-state index contributed by atoms with van der Waals surface area (Å²) in [5, 5.41) is 2.41. The molecular weight excluding hydrogens is 458 g/mol. The van der Waals surface area contributed by atoms with Gasteiger partial charge in [0.25, 0.3) is 11.8 Å². The first-order valence-corrected chi connectivity index (χ1v) is 9.97. The van der Waals surface area contributed by atoms with Gasteiger partial charge in [-0.2, -0.15) is 0 Å². The van der Waals surface area contributed by atoms with Crippen LogP contribution in [-0.2, 0) is 4.79 Å². The molecule has 3 N–H and O–H groups in total. The van der Waals surface area contributed by atoms with Crippen molar-refractivity contribution in [1.82, 2.24) is 16.2 Å². The Morgan fingerprint density at radius 3 is 2.48 bits per heavy atom. The van der Waals surface area contributed by atoms with E-state index in [2.05, 4.69) is 45.9 Å². The summed E-state index contributed by atoms with van der Waals surface area (Å²) in [5.74, 6) is 0.439. The lowest BCUT2D eigenvalue weighted by atomic mass is 10.0. The van der Waals surface area contributed by atoms with Gasteiger partial charge in [0.15, 0.2) is 11.7 Å². The van der Waals surface area contributed by atoms with Crippen LogP contribution < -0.4 is 25.6 Å². The van der Waals surface area contributed by atoms with E-state index in [4.69, 9.17) is 21.7 Å². The van der Waals surface area contributed by atoms with E-state index in [0.717, 1.165) is 10.0 Å². The van der Waals surface area contributed by atoms with E-state index in [1.165, 1.54) is 7.11 Å². The summed E-state index contributed by atoms with van der Waals surface area (Å²) in [4.78, 5) is 24.2. The first kappa shape index (κ1) is 22.6. The molecule has 0 spiro atoms. The minimum atomic E-state index is -0.460. The van der Waals surface area contributed by atoms with E-state index >= 15 is 0 Å². The third kappa shape index (κ3) is 6.72. The number of para-hydroxylation sites is 1. The summed E-state index contributed by atoms with van der Waals surface area (Å²) >= 11 is 8.46. The molecule has 2 aromatic rings. The molecule has 0 heterocycles. The maximum atomic E-state index is 12.2. The molecule has 0 bridgehead atoms. The highest BCUT2D eigenvalue weighted by Gasteiger charge is 2.13. The van der Waals surface area contributed by atoms with Crippen LogP contribution in [0.1, 0.15) is 35.7 Å². The van der Waals surface area contributed by atoms with Gasteiger partial charge in [0.05, 0.1) is 17.1 Å². The highest BCUT2D eigenvalue weighted by atomic mass is 79.9. The monoisotopic (exact) mass is 479 g/mol. The van der Waals surface area contributed by atoms with E-state index in [-0.39, 0.29) is 11.7 Å². The Morgan fingerprint density at radius 2 is 1.83 bits per heavy atom. The molecule has 2 rings (SSSR count). The smallest absolute Gasteiger partial charge is 0.276 e. The molecule has 0 saturated carbocycles. The van der Waals surface area contributed by atoms with Crippen LogP contribution in [0.25, 0.3) is 0 Å². The lowest BCUT2D eigenvalue weighted by molar-refractivity contribution is -0.123. The van der Waals surface area contributed by atoms with Crippen molar-refractivity contribution in [2.45, 2.75) is 19.8 Å². The SMILES string of the molecule is COc1ccccc1C(=O)NC(=S)NNC(=O)COc1ccc(C(C)C)cc1Br. The fourth-order valence-electron chi connectivity index (χ4n) is 2.33. The summed E-state index contributed by atoms with van der Waals surface area (Å²) < 4.78 is 11.4. The van der Waals surface area contributed by atoms with E-state index < -0.39 is 11.8 Å². The lowest BCUT2D eigenvalue weighted by Crippen LogP contribution is -2.49. The van der Waals surface area contributed by atoms with Crippen molar-refractivity contribution in [3.8, 4) is 11.5 Å². The average molecular weight is 480 g/mol. The van der Waals surface area contributed by atoms with Crippen LogP contribution in [0.15, 0.2) is 46.9 Å². The molecule has 0 unspecified atom stereocenters. The molecule has 0 aromatic heterocycles. The van der Waals surface area contributed by atoms with Gasteiger partial charge in [-0.15, -0.1) is 0 Å². The van der Waals surface area contributed by atoms with Crippen LogP contribution in [0.4, 0.5) is 0 Å². The largest absolute Gasteiger partial charge is 0.496 e. The van der Waals surface area contributed by atoms with E-state index in [0.29, 0.717) is 23.0 Å². The second kappa shape index (κ2) is 10.8. The number of carbonyl (C=O) groups excluding carboxylic acids is 2. The zero-order chi connectivity index (χ0) is 21.4. The summed E-state index contributed by atoms with van der Waals surface area (Å²) in [7, 11) is 1.47. The third-order valence-electron chi connectivity index (χ3n) is 3.88. The fourth-order valence-corrected chi connectivity index (χ4v) is 2.99. The first-order chi connectivity index (χ1) is 13.8.